The second-order valence-electron chi connectivity index (χ2n) is 6.59. The molecular weight excluding hydrogens is 340 g/mol. The van der Waals surface area contributed by atoms with Crippen molar-refractivity contribution < 1.29 is 19.5 Å². The lowest BCUT2D eigenvalue weighted by molar-refractivity contribution is -0.914. The van der Waals surface area contributed by atoms with Gasteiger partial charge in [0.15, 0.2) is 6.79 Å². The number of nitrogens with one attached hydrogen (secondary N) is 1. The van der Waals surface area contributed by atoms with E-state index in [9.17, 15) is 5.11 Å². The van der Waals surface area contributed by atoms with E-state index in [-0.39, 0.29) is 0 Å². The van der Waals surface area contributed by atoms with Crippen molar-refractivity contribution in [1.29, 1.82) is 0 Å². The number of hydrogen-bond acceptors (Lipinski definition) is 4. The van der Waals surface area contributed by atoms with E-state index in [2.05, 4.69) is 4.90 Å². The Labute approximate surface area is 152 Å². The molecule has 2 heterocycles. The summed E-state index contributed by atoms with van der Waals surface area (Å²) in [7, 11) is 0. The lowest BCUT2D eigenvalue weighted by Gasteiger charge is -2.34. The molecule has 0 amide bonds. The summed E-state index contributed by atoms with van der Waals surface area (Å²) < 4.78 is 11.1. The van der Waals surface area contributed by atoms with Crippen molar-refractivity contribution in [2.24, 2.45) is 0 Å². The smallest absolute Gasteiger partial charge is 0.189 e. The van der Waals surface area contributed by atoms with Gasteiger partial charge in [-0.05, 0) is 36.4 Å². The summed E-state index contributed by atoms with van der Waals surface area (Å²) in [5.41, 5.74) is 3.37. The average Bonchev–Trinajstić information content (AvgIpc) is 2.63. The van der Waals surface area contributed by atoms with Crippen LogP contribution in [0.4, 0.5) is 5.69 Å². The quantitative estimate of drug-likeness (QED) is 0.875. The Bertz CT molecular complexity index is 743. The molecule has 6 heteroatoms. The Morgan fingerprint density at radius 1 is 1.12 bits per heavy atom. The van der Waals surface area contributed by atoms with Gasteiger partial charge < -0.3 is 24.4 Å². The van der Waals surface area contributed by atoms with Gasteiger partial charge in [-0.2, -0.15) is 0 Å². The van der Waals surface area contributed by atoms with Gasteiger partial charge in [0.05, 0.1) is 38.3 Å². The highest BCUT2D eigenvalue weighted by atomic mass is 35.5. The van der Waals surface area contributed by atoms with Crippen LogP contribution in [0.1, 0.15) is 11.1 Å². The number of quaternary nitrogens is 1. The summed E-state index contributed by atoms with van der Waals surface area (Å²) in [5.74, 6) is 1.26. The minimum absolute atomic E-state index is 0.308. The highest BCUT2D eigenvalue weighted by Crippen LogP contribution is 2.31. The van der Waals surface area contributed by atoms with Gasteiger partial charge in [-0.25, -0.2) is 0 Å². The Morgan fingerprint density at radius 3 is 2.64 bits per heavy atom. The molecule has 5 nitrogen and oxygen atoms in total. The molecule has 4 rings (SSSR count). The normalized spacial score (nSPS) is 17.9. The average molecular weight is 362 g/mol. The molecule has 132 valence electrons. The number of anilines is 1. The molecule has 0 bridgehead atoms. The molecule has 0 aromatic heterocycles. The van der Waals surface area contributed by atoms with Crippen molar-refractivity contribution in [3.63, 3.8) is 0 Å². The fourth-order valence-corrected chi connectivity index (χ4v) is 3.84. The molecule has 2 aromatic carbocycles. The summed E-state index contributed by atoms with van der Waals surface area (Å²) in [6.07, 6.45) is 0. The first kappa shape index (κ1) is 16.5. The molecule has 1 fully saturated rings. The zero-order valence-corrected chi connectivity index (χ0v) is 14.8. The van der Waals surface area contributed by atoms with E-state index in [0.717, 1.165) is 54.7 Å². The lowest BCUT2D eigenvalue weighted by atomic mass is 10.1. The third-order valence-electron chi connectivity index (χ3n) is 4.88. The number of ether oxygens (including phenoxy) is 2. The summed E-state index contributed by atoms with van der Waals surface area (Å²) in [5, 5.41) is 10.2. The molecule has 2 aliphatic rings. The molecule has 0 aliphatic carbocycles. The van der Waals surface area contributed by atoms with Crippen molar-refractivity contribution in [2.45, 2.75) is 13.2 Å². The summed E-state index contributed by atoms with van der Waals surface area (Å²) in [6.45, 7) is 5.88. The molecule has 2 N–H and O–H groups in total. The molecule has 0 spiro atoms. The number of halogens is 1. The van der Waals surface area contributed by atoms with Crippen LogP contribution < -0.4 is 14.5 Å². The number of piperazine rings is 1. The molecule has 25 heavy (non-hydrogen) atoms. The van der Waals surface area contributed by atoms with E-state index in [4.69, 9.17) is 21.1 Å². The maximum Gasteiger partial charge on any atom is 0.189 e. The Hall–Kier alpha value is -1.95. The van der Waals surface area contributed by atoms with Gasteiger partial charge in [0.25, 0.3) is 0 Å². The molecule has 2 aromatic rings. The number of aromatic hydroxyl groups is 1. The molecule has 0 unspecified atom stereocenters. The van der Waals surface area contributed by atoms with Gasteiger partial charge >= 0.3 is 0 Å². The predicted octanol–water partition coefficient (Wildman–Crippen LogP) is 1.82. The molecule has 0 atom stereocenters. The minimum atomic E-state index is 0.308. The van der Waals surface area contributed by atoms with Crippen molar-refractivity contribution in [1.82, 2.24) is 0 Å². The number of hydrogen-bond donors (Lipinski definition) is 2. The van der Waals surface area contributed by atoms with Crippen molar-refractivity contribution >= 4 is 17.3 Å². The maximum atomic E-state index is 9.43. The third-order valence-corrected chi connectivity index (χ3v) is 5.10. The van der Waals surface area contributed by atoms with E-state index in [0.29, 0.717) is 19.1 Å². The topological polar surface area (TPSA) is 46.4 Å². The maximum absolute atomic E-state index is 9.43. The van der Waals surface area contributed by atoms with E-state index < -0.39 is 0 Å². The number of phenolic OH excluding ortho intramolecular Hbond substituents is 1. The molecule has 1 saturated heterocycles. The first-order chi connectivity index (χ1) is 12.2. The fourth-order valence-electron chi connectivity index (χ4n) is 3.58. The van der Waals surface area contributed by atoms with Gasteiger partial charge in [0, 0.05) is 16.3 Å². The van der Waals surface area contributed by atoms with Crippen LogP contribution in [0.2, 0.25) is 5.02 Å². The van der Waals surface area contributed by atoms with Gasteiger partial charge in [0.2, 0.25) is 0 Å². The van der Waals surface area contributed by atoms with Crippen LogP contribution in [0.5, 0.6) is 11.5 Å². The number of benzene rings is 2. The number of fused-ring (bicyclic) bond motifs is 1. The van der Waals surface area contributed by atoms with Crippen LogP contribution in [0.15, 0.2) is 36.4 Å². The Balaban J connectivity index is 1.42. The van der Waals surface area contributed by atoms with Gasteiger partial charge in [-0.1, -0.05) is 11.6 Å². The van der Waals surface area contributed by atoms with Crippen LogP contribution in [-0.2, 0) is 17.9 Å². The van der Waals surface area contributed by atoms with Gasteiger partial charge in [-0.3, -0.25) is 0 Å². The first-order valence-electron chi connectivity index (χ1n) is 8.58. The largest absolute Gasteiger partial charge is 0.508 e. The summed E-state index contributed by atoms with van der Waals surface area (Å²) in [4.78, 5) is 3.88. The van der Waals surface area contributed by atoms with E-state index in [1.54, 1.807) is 12.1 Å². The number of nitrogens with zero attached hydrogens (tertiary/aromatic N) is 1. The Morgan fingerprint density at radius 2 is 1.88 bits per heavy atom. The standard InChI is InChI=1S/C19H21ClN2O3/c20-16-9-14(19-15(10-16)12-24-13-25-19)11-21-5-7-22(8-6-21)17-1-3-18(23)4-2-17/h1-4,9-10,23H,5-8,11-13H2/p+1. The zero-order chi connectivity index (χ0) is 17.2. The van der Waals surface area contributed by atoms with Crippen molar-refractivity contribution in [2.75, 3.05) is 37.9 Å². The summed E-state index contributed by atoms with van der Waals surface area (Å²) in [6, 6.07) is 11.4. The lowest BCUT2D eigenvalue weighted by Crippen LogP contribution is -3.13. The van der Waals surface area contributed by atoms with Crippen molar-refractivity contribution in [3.8, 4) is 11.5 Å². The van der Waals surface area contributed by atoms with Gasteiger partial charge in [-0.15, -0.1) is 0 Å². The van der Waals surface area contributed by atoms with Crippen LogP contribution >= 0.6 is 11.6 Å². The van der Waals surface area contributed by atoms with Gasteiger partial charge in [0.1, 0.15) is 18.0 Å². The second kappa shape index (κ2) is 7.12. The summed E-state index contributed by atoms with van der Waals surface area (Å²) >= 11 is 6.27. The zero-order valence-electron chi connectivity index (χ0n) is 14.0. The van der Waals surface area contributed by atoms with Crippen LogP contribution in [0.25, 0.3) is 0 Å². The van der Waals surface area contributed by atoms with E-state index in [1.807, 2.05) is 24.3 Å². The van der Waals surface area contributed by atoms with Crippen LogP contribution in [-0.4, -0.2) is 38.1 Å². The molecular formula is C19H22ClN2O3+. The molecule has 0 radical (unpaired) electrons. The first-order valence-corrected chi connectivity index (χ1v) is 8.96. The monoisotopic (exact) mass is 361 g/mol. The Kier molecular flexibility index (Phi) is 4.70. The van der Waals surface area contributed by atoms with Crippen molar-refractivity contribution in [3.05, 3.63) is 52.5 Å². The predicted molar refractivity (Wildman–Crippen MR) is 96.5 cm³/mol. The van der Waals surface area contributed by atoms with Crippen LogP contribution in [0.3, 0.4) is 0 Å². The SMILES string of the molecule is Oc1ccc(N2CC[NH+](Cc3cc(Cl)cc4c3OCOC4)CC2)cc1. The van der Waals surface area contributed by atoms with E-state index in [1.165, 1.54) is 10.5 Å². The van der Waals surface area contributed by atoms with E-state index >= 15 is 0 Å². The minimum Gasteiger partial charge on any atom is -0.508 e. The number of phenols is 1. The molecule has 0 saturated carbocycles. The highest BCUT2D eigenvalue weighted by Gasteiger charge is 2.24. The molecule has 2 aliphatic heterocycles. The number of rotatable bonds is 3. The fraction of sp³-hybridized carbons (Fsp3) is 0.368. The third kappa shape index (κ3) is 3.68. The van der Waals surface area contributed by atoms with Crippen LogP contribution in [0, 0.1) is 0 Å². The second-order valence-corrected chi connectivity index (χ2v) is 7.03. The highest BCUT2D eigenvalue weighted by molar-refractivity contribution is 6.30.